The molecule has 4 rings (SSSR count). The molecule has 0 aromatic heterocycles. The third kappa shape index (κ3) is 4.57. The van der Waals surface area contributed by atoms with Crippen LogP contribution < -0.4 is 4.90 Å². The van der Waals surface area contributed by atoms with Crippen LogP contribution in [0.15, 0.2) is 36.4 Å². The second-order valence-electron chi connectivity index (χ2n) is 8.49. The zero-order chi connectivity index (χ0) is 19.3. The number of nitrogens with zero attached hydrogens (tertiary/aromatic N) is 3. The highest BCUT2D eigenvalue weighted by molar-refractivity contribution is 5.79. The number of hydrogen-bond donors (Lipinski definition) is 0. The van der Waals surface area contributed by atoms with Crippen LogP contribution in [-0.2, 0) is 4.79 Å². The molecule has 1 amide bonds. The molecule has 5 heteroatoms. The molecule has 0 N–H and O–H groups in total. The summed E-state index contributed by atoms with van der Waals surface area (Å²) in [6.45, 7) is 6.09. The van der Waals surface area contributed by atoms with Crippen LogP contribution in [0.5, 0.6) is 0 Å². The van der Waals surface area contributed by atoms with Gasteiger partial charge in [0.25, 0.3) is 0 Å². The minimum absolute atomic E-state index is 0.169. The molecule has 2 aliphatic heterocycles. The molecule has 152 valence electrons. The number of anilines is 1. The standard InChI is InChI=1S/C23H32FN3O/c24-21-8-4-5-9-22(21)26-14-16-27(17-15-26)23(28)20-10-12-25(13-11-20)18-19-6-2-1-3-7-19/h1-2,4-5,8-9,19-20H,3,6-7,10-18H2/t19-/m1/s1. The van der Waals surface area contributed by atoms with Crippen molar-refractivity contribution >= 4 is 11.6 Å². The normalized spacial score (nSPS) is 24.5. The summed E-state index contributed by atoms with van der Waals surface area (Å²) in [5, 5.41) is 0. The lowest BCUT2D eigenvalue weighted by Crippen LogP contribution is -2.52. The molecule has 0 radical (unpaired) electrons. The molecular weight excluding hydrogens is 353 g/mol. The number of para-hydroxylation sites is 1. The molecule has 0 unspecified atom stereocenters. The van der Waals surface area contributed by atoms with Gasteiger partial charge in [0.05, 0.1) is 5.69 Å². The minimum Gasteiger partial charge on any atom is -0.366 e. The largest absolute Gasteiger partial charge is 0.366 e. The molecule has 0 bridgehead atoms. The van der Waals surface area contributed by atoms with Crippen molar-refractivity contribution in [2.24, 2.45) is 11.8 Å². The van der Waals surface area contributed by atoms with Gasteiger partial charge in [0, 0.05) is 38.6 Å². The first-order chi connectivity index (χ1) is 13.7. The van der Waals surface area contributed by atoms with E-state index in [0.29, 0.717) is 37.8 Å². The fourth-order valence-electron chi connectivity index (χ4n) is 4.88. The average molecular weight is 386 g/mol. The Morgan fingerprint density at radius 3 is 2.39 bits per heavy atom. The third-order valence-corrected chi connectivity index (χ3v) is 6.62. The summed E-state index contributed by atoms with van der Waals surface area (Å²) >= 11 is 0. The van der Waals surface area contributed by atoms with Gasteiger partial charge in [-0.2, -0.15) is 0 Å². The second-order valence-corrected chi connectivity index (χ2v) is 8.49. The Labute approximate surface area is 168 Å². The van der Waals surface area contributed by atoms with Gasteiger partial charge in [-0.15, -0.1) is 0 Å². The number of likely N-dealkylation sites (tertiary alicyclic amines) is 1. The van der Waals surface area contributed by atoms with E-state index in [1.165, 1.54) is 31.9 Å². The lowest BCUT2D eigenvalue weighted by molar-refractivity contribution is -0.137. The summed E-state index contributed by atoms with van der Waals surface area (Å²) in [4.78, 5) is 19.6. The van der Waals surface area contributed by atoms with Crippen LogP contribution >= 0.6 is 0 Å². The summed E-state index contributed by atoms with van der Waals surface area (Å²) in [7, 11) is 0. The average Bonchev–Trinajstić information content (AvgIpc) is 2.75. The van der Waals surface area contributed by atoms with Gasteiger partial charge in [-0.3, -0.25) is 4.79 Å². The van der Waals surface area contributed by atoms with E-state index >= 15 is 0 Å². The Kier molecular flexibility index (Phi) is 6.30. The number of piperazine rings is 1. The number of halogens is 1. The Morgan fingerprint density at radius 1 is 0.964 bits per heavy atom. The summed E-state index contributed by atoms with van der Waals surface area (Å²) in [5.41, 5.74) is 0.653. The van der Waals surface area contributed by atoms with Crippen molar-refractivity contribution in [1.29, 1.82) is 0 Å². The van der Waals surface area contributed by atoms with Gasteiger partial charge in [-0.1, -0.05) is 24.3 Å². The molecular formula is C23H32FN3O. The molecule has 2 fully saturated rings. The SMILES string of the molecule is O=C(C1CCN(C[C@@H]2CC=CCC2)CC1)N1CCN(c2ccccc2F)CC1. The van der Waals surface area contributed by atoms with Crippen LogP contribution in [0.2, 0.25) is 0 Å². The number of amides is 1. The van der Waals surface area contributed by atoms with Crippen LogP contribution in [0.4, 0.5) is 10.1 Å². The molecule has 2 heterocycles. The quantitative estimate of drug-likeness (QED) is 0.742. The van der Waals surface area contributed by atoms with Crippen molar-refractivity contribution in [3.8, 4) is 0 Å². The molecule has 3 aliphatic rings. The van der Waals surface area contributed by atoms with Crippen molar-refractivity contribution in [2.45, 2.75) is 32.1 Å². The fourth-order valence-corrected chi connectivity index (χ4v) is 4.88. The number of allylic oxidation sites excluding steroid dienone is 2. The van der Waals surface area contributed by atoms with Crippen LogP contribution in [0.1, 0.15) is 32.1 Å². The van der Waals surface area contributed by atoms with Crippen molar-refractivity contribution in [3.63, 3.8) is 0 Å². The third-order valence-electron chi connectivity index (χ3n) is 6.62. The lowest BCUT2D eigenvalue weighted by atomic mass is 9.91. The number of carbonyl (C=O) groups is 1. The molecule has 1 aliphatic carbocycles. The van der Waals surface area contributed by atoms with Crippen LogP contribution in [-0.4, -0.2) is 61.5 Å². The predicted molar refractivity (Wildman–Crippen MR) is 111 cm³/mol. The van der Waals surface area contributed by atoms with E-state index < -0.39 is 0 Å². The van der Waals surface area contributed by atoms with E-state index in [2.05, 4.69) is 22.0 Å². The molecule has 0 saturated carbocycles. The maximum atomic E-state index is 14.0. The van der Waals surface area contributed by atoms with E-state index in [4.69, 9.17) is 0 Å². The maximum Gasteiger partial charge on any atom is 0.225 e. The Balaban J connectivity index is 1.23. The van der Waals surface area contributed by atoms with Crippen molar-refractivity contribution < 1.29 is 9.18 Å². The molecule has 1 aromatic carbocycles. The Bertz CT molecular complexity index is 691. The number of carbonyl (C=O) groups excluding carboxylic acids is 1. The van der Waals surface area contributed by atoms with Gasteiger partial charge in [0.15, 0.2) is 0 Å². The predicted octanol–water partition coefficient (Wildman–Crippen LogP) is 3.54. The molecule has 28 heavy (non-hydrogen) atoms. The minimum atomic E-state index is -0.178. The summed E-state index contributed by atoms with van der Waals surface area (Å²) < 4.78 is 14.0. The molecule has 2 saturated heterocycles. The first-order valence-electron chi connectivity index (χ1n) is 10.9. The molecule has 0 spiro atoms. The van der Waals surface area contributed by atoms with E-state index in [9.17, 15) is 9.18 Å². The van der Waals surface area contributed by atoms with Gasteiger partial charge in [0.1, 0.15) is 5.82 Å². The summed E-state index contributed by atoms with van der Waals surface area (Å²) in [5.74, 6) is 1.10. The molecule has 1 atom stereocenters. The van der Waals surface area contributed by atoms with Gasteiger partial charge in [-0.05, 0) is 63.2 Å². The number of rotatable bonds is 4. The Hall–Kier alpha value is -1.88. The highest BCUT2D eigenvalue weighted by Gasteiger charge is 2.31. The van der Waals surface area contributed by atoms with Crippen molar-refractivity contribution in [3.05, 3.63) is 42.2 Å². The van der Waals surface area contributed by atoms with Crippen LogP contribution in [0, 0.1) is 17.7 Å². The number of piperidine rings is 1. The first kappa shape index (κ1) is 19.4. The van der Waals surface area contributed by atoms with Gasteiger partial charge >= 0.3 is 0 Å². The van der Waals surface area contributed by atoms with Crippen molar-refractivity contribution in [1.82, 2.24) is 9.80 Å². The molecule has 4 nitrogen and oxygen atoms in total. The Morgan fingerprint density at radius 2 is 1.71 bits per heavy atom. The topological polar surface area (TPSA) is 26.8 Å². The summed E-state index contributed by atoms with van der Waals surface area (Å²) in [6, 6.07) is 6.91. The van der Waals surface area contributed by atoms with E-state index in [-0.39, 0.29) is 11.7 Å². The van der Waals surface area contributed by atoms with Gasteiger partial charge in [-0.25, -0.2) is 4.39 Å². The van der Waals surface area contributed by atoms with Gasteiger partial charge < -0.3 is 14.7 Å². The maximum absolute atomic E-state index is 14.0. The smallest absolute Gasteiger partial charge is 0.225 e. The zero-order valence-electron chi connectivity index (χ0n) is 16.7. The van der Waals surface area contributed by atoms with Gasteiger partial charge in [0.2, 0.25) is 5.91 Å². The van der Waals surface area contributed by atoms with Crippen LogP contribution in [0.25, 0.3) is 0 Å². The zero-order valence-corrected chi connectivity index (χ0v) is 16.7. The highest BCUT2D eigenvalue weighted by atomic mass is 19.1. The van der Waals surface area contributed by atoms with E-state index in [1.54, 1.807) is 6.07 Å². The van der Waals surface area contributed by atoms with E-state index in [0.717, 1.165) is 31.8 Å². The van der Waals surface area contributed by atoms with Crippen LogP contribution in [0.3, 0.4) is 0 Å². The highest BCUT2D eigenvalue weighted by Crippen LogP contribution is 2.25. The first-order valence-corrected chi connectivity index (χ1v) is 10.9. The van der Waals surface area contributed by atoms with E-state index in [1.807, 2.05) is 17.0 Å². The molecule has 1 aromatic rings. The number of hydrogen-bond acceptors (Lipinski definition) is 3. The lowest BCUT2D eigenvalue weighted by Gasteiger charge is -2.40. The van der Waals surface area contributed by atoms with Crippen molar-refractivity contribution in [2.75, 3.05) is 50.7 Å². The number of benzene rings is 1. The monoisotopic (exact) mass is 385 g/mol. The summed E-state index contributed by atoms with van der Waals surface area (Å²) in [6.07, 6.45) is 10.3. The second kappa shape index (κ2) is 9.08. The fraction of sp³-hybridized carbons (Fsp3) is 0.609.